The van der Waals surface area contributed by atoms with Gasteiger partial charge < -0.3 is 14.9 Å². The van der Waals surface area contributed by atoms with E-state index in [-0.39, 0.29) is 0 Å². The molecule has 1 aliphatic heterocycles. The molecule has 4 nitrogen and oxygen atoms in total. The first-order valence-electron chi connectivity index (χ1n) is 11.6. The Morgan fingerprint density at radius 2 is 1.61 bits per heavy atom. The second-order valence-corrected chi connectivity index (χ2v) is 9.61. The lowest BCUT2D eigenvalue weighted by atomic mass is 9.81. The summed E-state index contributed by atoms with van der Waals surface area (Å²) in [7, 11) is 0. The van der Waals surface area contributed by atoms with Gasteiger partial charge in [-0.25, -0.2) is 0 Å². The van der Waals surface area contributed by atoms with Crippen molar-refractivity contribution in [2.75, 3.05) is 31.1 Å². The summed E-state index contributed by atoms with van der Waals surface area (Å²) in [5, 5.41) is 3.48. The second-order valence-electron chi connectivity index (χ2n) is 9.18. The van der Waals surface area contributed by atoms with Gasteiger partial charge in [0.1, 0.15) is 0 Å². The maximum atomic E-state index is 6.27. The highest BCUT2D eigenvalue weighted by Gasteiger charge is 2.30. The standard InChI is InChI=1S/C26H29ClN4/c27-19-6-9-25-22(16-19)23(17-29-25)18-4-7-20(8-5-18)30-12-14-31(15-13-30)26-3-1-2-24-21(26)10-11-28-24/h1-3,6,9-11,16-18,20,28-29H,4-5,7-8,12-15H2. The molecule has 0 spiro atoms. The van der Waals surface area contributed by atoms with Gasteiger partial charge in [-0.1, -0.05) is 17.7 Å². The topological polar surface area (TPSA) is 38.1 Å². The van der Waals surface area contributed by atoms with Crippen LogP contribution in [0.25, 0.3) is 21.8 Å². The summed E-state index contributed by atoms with van der Waals surface area (Å²) in [6, 6.07) is 15.7. The largest absolute Gasteiger partial charge is 0.368 e. The highest BCUT2D eigenvalue weighted by atomic mass is 35.5. The van der Waals surface area contributed by atoms with E-state index in [2.05, 4.69) is 62.4 Å². The number of anilines is 1. The summed E-state index contributed by atoms with van der Waals surface area (Å²) in [5.74, 6) is 0.649. The fourth-order valence-electron chi connectivity index (χ4n) is 5.88. The van der Waals surface area contributed by atoms with Crippen molar-refractivity contribution in [3.8, 4) is 0 Å². The van der Waals surface area contributed by atoms with Crippen LogP contribution in [-0.2, 0) is 0 Å². The summed E-state index contributed by atoms with van der Waals surface area (Å²) in [5.41, 5.74) is 5.27. The number of nitrogens with zero attached hydrogens (tertiary/aromatic N) is 2. The Kier molecular flexibility index (Phi) is 4.92. The smallest absolute Gasteiger partial charge is 0.0474 e. The first-order chi connectivity index (χ1) is 15.3. The van der Waals surface area contributed by atoms with E-state index in [1.807, 2.05) is 12.3 Å². The second kappa shape index (κ2) is 7.92. The number of fused-ring (bicyclic) bond motifs is 2. The molecule has 5 heteroatoms. The quantitative estimate of drug-likeness (QED) is 0.407. The van der Waals surface area contributed by atoms with Gasteiger partial charge in [0.2, 0.25) is 0 Å². The molecule has 160 valence electrons. The molecule has 3 heterocycles. The number of aromatic amines is 2. The Balaban J connectivity index is 1.09. The molecule has 4 aromatic rings. The first kappa shape index (κ1) is 19.3. The minimum atomic E-state index is 0.649. The highest BCUT2D eigenvalue weighted by molar-refractivity contribution is 6.31. The average molecular weight is 433 g/mol. The molecule has 0 atom stereocenters. The van der Waals surface area contributed by atoms with Crippen molar-refractivity contribution in [2.24, 2.45) is 0 Å². The number of benzene rings is 2. The number of hydrogen-bond donors (Lipinski definition) is 2. The van der Waals surface area contributed by atoms with E-state index in [0.29, 0.717) is 5.92 Å². The highest BCUT2D eigenvalue weighted by Crippen LogP contribution is 2.39. The Morgan fingerprint density at radius 1 is 0.806 bits per heavy atom. The summed E-state index contributed by atoms with van der Waals surface area (Å²) < 4.78 is 0. The van der Waals surface area contributed by atoms with Crippen LogP contribution >= 0.6 is 11.6 Å². The molecular formula is C26H29ClN4. The van der Waals surface area contributed by atoms with Crippen LogP contribution in [0.5, 0.6) is 0 Å². The normalized spacial score (nSPS) is 23.1. The monoisotopic (exact) mass is 432 g/mol. The summed E-state index contributed by atoms with van der Waals surface area (Å²) in [6.45, 7) is 4.56. The van der Waals surface area contributed by atoms with Crippen LogP contribution in [-0.4, -0.2) is 47.1 Å². The lowest BCUT2D eigenvalue weighted by molar-refractivity contribution is 0.141. The molecule has 0 bridgehead atoms. The maximum Gasteiger partial charge on any atom is 0.0474 e. The van der Waals surface area contributed by atoms with Gasteiger partial charge >= 0.3 is 0 Å². The fourth-order valence-corrected chi connectivity index (χ4v) is 6.05. The lowest BCUT2D eigenvalue weighted by Crippen LogP contribution is -2.51. The van der Waals surface area contributed by atoms with Crippen molar-refractivity contribution >= 4 is 39.1 Å². The number of piperazine rings is 1. The van der Waals surface area contributed by atoms with E-state index < -0.39 is 0 Å². The lowest BCUT2D eigenvalue weighted by Gasteiger charge is -2.42. The Morgan fingerprint density at radius 3 is 2.45 bits per heavy atom. The predicted octanol–water partition coefficient (Wildman–Crippen LogP) is 6.15. The van der Waals surface area contributed by atoms with Gasteiger partial charge in [0.15, 0.2) is 0 Å². The third-order valence-corrected chi connectivity index (χ3v) is 7.79. The van der Waals surface area contributed by atoms with Crippen LogP contribution in [0.15, 0.2) is 54.9 Å². The number of hydrogen-bond acceptors (Lipinski definition) is 2. The third-order valence-electron chi connectivity index (χ3n) is 7.56. The van der Waals surface area contributed by atoms with Gasteiger partial charge in [-0.05, 0) is 73.6 Å². The van der Waals surface area contributed by atoms with E-state index in [1.165, 1.54) is 71.8 Å². The maximum absolute atomic E-state index is 6.27. The molecular weight excluding hydrogens is 404 g/mol. The van der Waals surface area contributed by atoms with E-state index in [4.69, 9.17) is 11.6 Å². The molecule has 0 unspecified atom stereocenters. The molecule has 1 saturated carbocycles. The average Bonchev–Trinajstić information content (AvgIpc) is 3.46. The third kappa shape index (κ3) is 3.52. The van der Waals surface area contributed by atoms with Crippen LogP contribution in [0.1, 0.15) is 37.2 Å². The molecule has 1 aliphatic carbocycles. The van der Waals surface area contributed by atoms with Crippen LogP contribution in [0.4, 0.5) is 5.69 Å². The van der Waals surface area contributed by atoms with Crippen LogP contribution in [0, 0.1) is 0 Å². The van der Waals surface area contributed by atoms with Gasteiger partial charge in [0.05, 0.1) is 0 Å². The summed E-state index contributed by atoms with van der Waals surface area (Å²) in [6.07, 6.45) is 9.40. The van der Waals surface area contributed by atoms with Gasteiger partial charge in [-0.3, -0.25) is 4.90 Å². The van der Waals surface area contributed by atoms with Crippen molar-refractivity contribution in [2.45, 2.75) is 37.6 Å². The molecule has 6 rings (SSSR count). The van der Waals surface area contributed by atoms with Crippen molar-refractivity contribution in [3.63, 3.8) is 0 Å². The van der Waals surface area contributed by atoms with E-state index >= 15 is 0 Å². The number of nitrogens with one attached hydrogen (secondary N) is 2. The molecule has 0 radical (unpaired) electrons. The molecule has 2 aromatic carbocycles. The van der Waals surface area contributed by atoms with Crippen molar-refractivity contribution in [1.29, 1.82) is 0 Å². The molecule has 2 fully saturated rings. The van der Waals surface area contributed by atoms with Crippen LogP contribution in [0.2, 0.25) is 5.02 Å². The minimum absolute atomic E-state index is 0.649. The van der Waals surface area contributed by atoms with Crippen molar-refractivity contribution in [3.05, 3.63) is 65.4 Å². The number of halogens is 1. The molecule has 1 saturated heterocycles. The SMILES string of the molecule is Clc1ccc2[nH]cc(C3CCC(N4CCN(c5cccc6[nH]ccc56)CC4)CC3)c2c1. The van der Waals surface area contributed by atoms with Crippen molar-refractivity contribution in [1.82, 2.24) is 14.9 Å². The van der Waals surface area contributed by atoms with Gasteiger partial charge in [-0.2, -0.15) is 0 Å². The van der Waals surface area contributed by atoms with Gasteiger partial charge in [0, 0.05) is 77.1 Å². The number of H-pyrrole nitrogens is 2. The van der Waals surface area contributed by atoms with Crippen LogP contribution < -0.4 is 4.90 Å². The molecule has 2 aromatic heterocycles. The molecule has 2 N–H and O–H groups in total. The predicted molar refractivity (Wildman–Crippen MR) is 130 cm³/mol. The van der Waals surface area contributed by atoms with E-state index in [9.17, 15) is 0 Å². The van der Waals surface area contributed by atoms with Gasteiger partial charge in [0.25, 0.3) is 0 Å². The zero-order valence-corrected chi connectivity index (χ0v) is 18.5. The summed E-state index contributed by atoms with van der Waals surface area (Å²) in [4.78, 5) is 12.1. The summed E-state index contributed by atoms with van der Waals surface area (Å²) >= 11 is 6.27. The first-order valence-corrected chi connectivity index (χ1v) is 12.0. The Labute approximate surface area is 188 Å². The number of aromatic nitrogens is 2. The zero-order valence-electron chi connectivity index (χ0n) is 17.8. The van der Waals surface area contributed by atoms with Gasteiger partial charge in [-0.15, -0.1) is 0 Å². The minimum Gasteiger partial charge on any atom is -0.368 e. The Bertz CT molecular complexity index is 1190. The molecule has 2 aliphatic rings. The molecule has 0 amide bonds. The van der Waals surface area contributed by atoms with E-state index in [0.717, 1.165) is 24.2 Å². The fraction of sp³-hybridized carbons (Fsp3) is 0.385. The Hall–Kier alpha value is -2.43. The van der Waals surface area contributed by atoms with E-state index in [1.54, 1.807) is 0 Å². The zero-order chi connectivity index (χ0) is 20.8. The van der Waals surface area contributed by atoms with Crippen molar-refractivity contribution < 1.29 is 0 Å². The molecule has 31 heavy (non-hydrogen) atoms. The number of rotatable bonds is 3. The van der Waals surface area contributed by atoms with Crippen LogP contribution in [0.3, 0.4) is 0 Å².